The van der Waals surface area contributed by atoms with Crippen LogP contribution in [0.4, 0.5) is 4.79 Å². The van der Waals surface area contributed by atoms with Crippen LogP contribution < -0.4 is 0 Å². The van der Waals surface area contributed by atoms with Crippen LogP contribution in [0.25, 0.3) is 0 Å². The van der Waals surface area contributed by atoms with E-state index in [2.05, 4.69) is 4.74 Å². The van der Waals surface area contributed by atoms with Crippen LogP contribution in [-0.4, -0.2) is 29.8 Å². The molecular formula is C4H7NO2S2. The predicted octanol–water partition coefficient (Wildman–Crippen LogP) is 1.36. The van der Waals surface area contributed by atoms with Gasteiger partial charge in [0.05, 0.1) is 6.54 Å². The second-order valence-corrected chi connectivity index (χ2v) is 3.83. The van der Waals surface area contributed by atoms with Gasteiger partial charge in [-0.05, 0) is 6.26 Å². The third-order valence-electron chi connectivity index (χ3n) is 0.888. The molecule has 1 rings (SSSR count). The molecule has 0 aromatic heterocycles. The predicted molar refractivity (Wildman–Crippen MR) is 39.2 cm³/mol. The Balaban J connectivity index is 2.31. The highest BCUT2D eigenvalue weighted by molar-refractivity contribution is 8.75. The Labute approximate surface area is 61.6 Å². The summed E-state index contributed by atoms with van der Waals surface area (Å²) in [5.74, 6) is 0. The fraction of sp³-hybridized carbons (Fsp3) is 0.750. The lowest BCUT2D eigenvalue weighted by molar-refractivity contribution is 0.171. The van der Waals surface area contributed by atoms with Crippen LogP contribution in [0.1, 0.15) is 0 Å². The Hall–Kier alpha value is -0.0300. The number of carbonyl (C=O) groups is 1. The van der Waals surface area contributed by atoms with Gasteiger partial charge in [-0.3, -0.25) is 0 Å². The molecule has 0 radical (unpaired) electrons. The number of cyclic esters (lactones) is 1. The second-order valence-electron chi connectivity index (χ2n) is 1.46. The molecule has 52 valence electrons. The SMILES string of the molecule is CSSN1CCOC1=O. The van der Waals surface area contributed by atoms with Crippen molar-refractivity contribution in [2.24, 2.45) is 0 Å². The van der Waals surface area contributed by atoms with E-state index in [1.54, 1.807) is 15.1 Å². The molecule has 0 spiro atoms. The minimum Gasteiger partial charge on any atom is -0.447 e. The first-order valence-electron chi connectivity index (χ1n) is 2.49. The monoisotopic (exact) mass is 165 g/mol. The molecule has 1 aliphatic rings. The fourth-order valence-electron chi connectivity index (χ4n) is 0.537. The van der Waals surface area contributed by atoms with Crippen LogP contribution in [0.15, 0.2) is 0 Å². The molecule has 0 saturated carbocycles. The molecule has 0 unspecified atom stereocenters. The van der Waals surface area contributed by atoms with E-state index in [4.69, 9.17) is 0 Å². The molecule has 1 amide bonds. The molecule has 1 heterocycles. The average Bonchev–Trinajstić information content (AvgIpc) is 2.18. The highest BCUT2D eigenvalue weighted by Gasteiger charge is 2.21. The average molecular weight is 165 g/mol. The standard InChI is InChI=1S/C4H7NO2S2/c1-8-9-5-2-3-7-4(5)6/h2-3H2,1H3. The molecule has 1 saturated heterocycles. The van der Waals surface area contributed by atoms with Crippen molar-refractivity contribution in [3.05, 3.63) is 0 Å². The van der Waals surface area contributed by atoms with E-state index in [1.165, 1.54) is 11.0 Å². The van der Waals surface area contributed by atoms with Crippen LogP contribution in [0, 0.1) is 0 Å². The smallest absolute Gasteiger partial charge is 0.420 e. The van der Waals surface area contributed by atoms with Crippen LogP contribution in [0.3, 0.4) is 0 Å². The van der Waals surface area contributed by atoms with E-state index in [0.717, 1.165) is 0 Å². The van der Waals surface area contributed by atoms with Crippen LogP contribution in [-0.2, 0) is 4.74 Å². The molecule has 3 nitrogen and oxygen atoms in total. The Kier molecular flexibility index (Phi) is 2.53. The van der Waals surface area contributed by atoms with Gasteiger partial charge in [0.15, 0.2) is 0 Å². The topological polar surface area (TPSA) is 29.5 Å². The molecule has 0 N–H and O–H groups in total. The first kappa shape index (κ1) is 7.08. The Bertz CT molecular complexity index is 119. The maximum absolute atomic E-state index is 10.6. The molecule has 0 aromatic rings. The second kappa shape index (κ2) is 3.22. The van der Waals surface area contributed by atoms with Crippen molar-refractivity contribution in [3.8, 4) is 0 Å². The van der Waals surface area contributed by atoms with E-state index in [9.17, 15) is 4.79 Å². The summed E-state index contributed by atoms with van der Waals surface area (Å²) in [6.45, 7) is 1.25. The minimum absolute atomic E-state index is 0.214. The van der Waals surface area contributed by atoms with Gasteiger partial charge in [0.1, 0.15) is 6.61 Å². The zero-order chi connectivity index (χ0) is 6.69. The lowest BCUT2D eigenvalue weighted by Gasteiger charge is -2.05. The molecular weight excluding hydrogens is 158 g/mol. The van der Waals surface area contributed by atoms with Crippen molar-refractivity contribution in [1.82, 2.24) is 4.31 Å². The minimum atomic E-state index is -0.214. The summed E-state index contributed by atoms with van der Waals surface area (Å²) in [5, 5.41) is 0. The van der Waals surface area contributed by atoms with Gasteiger partial charge in [-0.15, -0.1) is 0 Å². The number of amides is 1. The van der Waals surface area contributed by atoms with E-state index in [-0.39, 0.29) is 6.09 Å². The summed E-state index contributed by atoms with van der Waals surface area (Å²) in [5.41, 5.74) is 0. The van der Waals surface area contributed by atoms with Crippen molar-refractivity contribution in [3.63, 3.8) is 0 Å². The summed E-state index contributed by atoms with van der Waals surface area (Å²) in [7, 11) is 2.97. The van der Waals surface area contributed by atoms with Crippen LogP contribution in [0.2, 0.25) is 0 Å². The summed E-state index contributed by atoms with van der Waals surface area (Å²) in [4.78, 5) is 10.6. The van der Waals surface area contributed by atoms with Gasteiger partial charge in [-0.2, -0.15) is 0 Å². The van der Waals surface area contributed by atoms with Crippen molar-refractivity contribution in [1.29, 1.82) is 0 Å². The quantitative estimate of drug-likeness (QED) is 0.456. The number of hydrogen-bond acceptors (Lipinski definition) is 4. The molecule has 1 aliphatic heterocycles. The summed E-state index contributed by atoms with van der Waals surface area (Å²) in [6, 6.07) is 0. The van der Waals surface area contributed by atoms with Crippen LogP contribution in [0.5, 0.6) is 0 Å². The van der Waals surface area contributed by atoms with Crippen LogP contribution >= 0.6 is 21.8 Å². The van der Waals surface area contributed by atoms with E-state index in [0.29, 0.717) is 13.2 Å². The van der Waals surface area contributed by atoms with Crippen molar-refractivity contribution in [2.45, 2.75) is 0 Å². The van der Waals surface area contributed by atoms with Gasteiger partial charge in [0.2, 0.25) is 0 Å². The molecule has 1 fully saturated rings. The third-order valence-corrected chi connectivity index (χ3v) is 2.54. The van der Waals surface area contributed by atoms with E-state index >= 15 is 0 Å². The largest absolute Gasteiger partial charge is 0.447 e. The third kappa shape index (κ3) is 1.69. The van der Waals surface area contributed by atoms with Gasteiger partial charge in [0.25, 0.3) is 0 Å². The fourth-order valence-corrected chi connectivity index (χ4v) is 1.93. The molecule has 0 bridgehead atoms. The van der Waals surface area contributed by atoms with E-state index in [1.807, 2.05) is 6.26 Å². The van der Waals surface area contributed by atoms with Gasteiger partial charge in [-0.1, -0.05) is 10.8 Å². The maximum Gasteiger partial charge on any atom is 0.420 e. The van der Waals surface area contributed by atoms with Gasteiger partial charge >= 0.3 is 6.09 Å². The number of rotatable bonds is 2. The lowest BCUT2D eigenvalue weighted by atomic mass is 10.7. The zero-order valence-electron chi connectivity index (χ0n) is 4.99. The normalized spacial score (nSPS) is 18.3. The molecule has 0 aromatic carbocycles. The lowest BCUT2D eigenvalue weighted by Crippen LogP contribution is -2.13. The van der Waals surface area contributed by atoms with Crippen molar-refractivity contribution in [2.75, 3.05) is 19.4 Å². The van der Waals surface area contributed by atoms with Gasteiger partial charge < -0.3 is 4.74 Å². The summed E-state index contributed by atoms with van der Waals surface area (Å²) < 4.78 is 6.27. The Morgan fingerprint density at radius 1 is 1.78 bits per heavy atom. The first-order valence-corrected chi connectivity index (χ1v) is 5.01. The summed E-state index contributed by atoms with van der Waals surface area (Å²) >= 11 is 0. The van der Waals surface area contributed by atoms with Gasteiger partial charge in [-0.25, -0.2) is 9.10 Å². The summed E-state index contributed by atoms with van der Waals surface area (Å²) in [6.07, 6.45) is 1.71. The number of hydrogen-bond donors (Lipinski definition) is 0. The highest BCUT2D eigenvalue weighted by Crippen LogP contribution is 2.25. The van der Waals surface area contributed by atoms with E-state index < -0.39 is 0 Å². The first-order chi connectivity index (χ1) is 4.34. The van der Waals surface area contributed by atoms with Crippen molar-refractivity contribution < 1.29 is 9.53 Å². The maximum atomic E-state index is 10.6. The highest BCUT2D eigenvalue weighted by atomic mass is 33.1. The number of carbonyl (C=O) groups excluding carboxylic acids is 1. The molecule has 5 heteroatoms. The number of nitrogens with zero attached hydrogens (tertiary/aromatic N) is 1. The zero-order valence-corrected chi connectivity index (χ0v) is 6.63. The molecule has 0 aliphatic carbocycles. The number of ether oxygens (including phenoxy) is 1. The van der Waals surface area contributed by atoms with Gasteiger partial charge in [0, 0.05) is 11.0 Å². The van der Waals surface area contributed by atoms with Crippen molar-refractivity contribution >= 4 is 27.9 Å². The molecule has 0 atom stereocenters. The Morgan fingerprint density at radius 3 is 3.00 bits per heavy atom. The molecule has 9 heavy (non-hydrogen) atoms. The Morgan fingerprint density at radius 2 is 2.56 bits per heavy atom.